The van der Waals surface area contributed by atoms with E-state index in [9.17, 15) is 4.79 Å². The van der Waals surface area contributed by atoms with Gasteiger partial charge in [0.1, 0.15) is 5.69 Å². The smallest absolute Gasteiger partial charge is 0.270 e. The van der Waals surface area contributed by atoms with E-state index in [1.54, 1.807) is 7.11 Å². The van der Waals surface area contributed by atoms with Crippen LogP contribution < -0.4 is 0 Å². The summed E-state index contributed by atoms with van der Waals surface area (Å²) in [4.78, 5) is 14.4. The number of nitrogens with zero attached hydrogens (tertiary/aromatic N) is 2. The number of piperidine rings is 1. The lowest BCUT2D eigenvalue weighted by Crippen LogP contribution is -2.49. The molecule has 1 fully saturated rings. The number of methoxy groups -OCH3 is 1. The number of halogens is 1. The van der Waals surface area contributed by atoms with Crippen molar-refractivity contribution >= 4 is 21.8 Å². The number of hydrogen-bond donors (Lipinski definition) is 0. The van der Waals surface area contributed by atoms with Crippen molar-refractivity contribution in [3.8, 4) is 0 Å². The zero-order valence-corrected chi connectivity index (χ0v) is 12.7. The highest BCUT2D eigenvalue weighted by molar-refractivity contribution is 9.10. The molecule has 0 aliphatic carbocycles. The van der Waals surface area contributed by atoms with Gasteiger partial charge in [0, 0.05) is 37.9 Å². The van der Waals surface area contributed by atoms with Gasteiger partial charge in [-0.3, -0.25) is 4.79 Å². The van der Waals surface area contributed by atoms with Crippen molar-refractivity contribution in [3.63, 3.8) is 0 Å². The van der Waals surface area contributed by atoms with Gasteiger partial charge in [0.15, 0.2) is 0 Å². The number of amides is 1. The number of carbonyl (C=O) groups is 1. The molecule has 0 spiro atoms. The third-order valence-electron chi connectivity index (χ3n) is 3.63. The van der Waals surface area contributed by atoms with Crippen LogP contribution >= 0.6 is 15.9 Å². The Balaban J connectivity index is 2.16. The average Bonchev–Trinajstić information content (AvgIpc) is 2.67. The van der Waals surface area contributed by atoms with E-state index in [1.807, 2.05) is 28.8 Å². The van der Waals surface area contributed by atoms with Crippen LogP contribution in [-0.4, -0.2) is 41.2 Å². The zero-order chi connectivity index (χ0) is 13.3. The fraction of sp³-hybridized carbons (Fsp3) is 0.615. The molecule has 0 aromatic carbocycles. The minimum absolute atomic E-state index is 0.0752. The van der Waals surface area contributed by atoms with Gasteiger partial charge in [-0.25, -0.2) is 0 Å². The first-order valence-corrected chi connectivity index (χ1v) is 6.91. The van der Waals surface area contributed by atoms with Gasteiger partial charge < -0.3 is 14.2 Å². The first-order chi connectivity index (χ1) is 8.45. The molecule has 0 bridgehead atoms. The van der Waals surface area contributed by atoms with Crippen molar-refractivity contribution in [1.82, 2.24) is 9.47 Å². The van der Waals surface area contributed by atoms with Gasteiger partial charge in [0.25, 0.3) is 5.91 Å². The Kier molecular flexibility index (Phi) is 3.82. The number of likely N-dealkylation sites (tertiary alicyclic amines) is 1. The number of aromatic nitrogens is 1. The highest BCUT2D eigenvalue weighted by Crippen LogP contribution is 2.25. The maximum absolute atomic E-state index is 12.5. The SMILES string of the molecule is COC1(C)CCCN(C(=O)c2cc(Br)cn2C)C1. The van der Waals surface area contributed by atoms with Crippen LogP contribution in [0.1, 0.15) is 30.3 Å². The van der Waals surface area contributed by atoms with Crippen LogP contribution in [0.5, 0.6) is 0 Å². The second-order valence-corrected chi connectivity index (χ2v) is 6.05. The number of ether oxygens (including phenoxy) is 1. The molecule has 0 saturated carbocycles. The van der Waals surface area contributed by atoms with Crippen molar-refractivity contribution in [2.75, 3.05) is 20.2 Å². The van der Waals surface area contributed by atoms with Gasteiger partial charge >= 0.3 is 0 Å². The van der Waals surface area contributed by atoms with E-state index < -0.39 is 0 Å². The summed E-state index contributed by atoms with van der Waals surface area (Å²) in [5, 5.41) is 0. The van der Waals surface area contributed by atoms with Gasteiger partial charge in [0.2, 0.25) is 0 Å². The molecular weight excluding hydrogens is 296 g/mol. The molecule has 0 radical (unpaired) electrons. The number of aryl methyl sites for hydroxylation is 1. The maximum Gasteiger partial charge on any atom is 0.270 e. The zero-order valence-electron chi connectivity index (χ0n) is 11.1. The van der Waals surface area contributed by atoms with Gasteiger partial charge in [-0.15, -0.1) is 0 Å². The molecule has 1 atom stereocenters. The Morgan fingerprint density at radius 3 is 2.83 bits per heavy atom. The van der Waals surface area contributed by atoms with Crippen molar-refractivity contribution in [2.24, 2.45) is 7.05 Å². The minimum Gasteiger partial charge on any atom is -0.377 e. The molecule has 0 N–H and O–H groups in total. The molecule has 2 rings (SSSR count). The van der Waals surface area contributed by atoms with Crippen LogP contribution in [0, 0.1) is 0 Å². The topological polar surface area (TPSA) is 34.5 Å². The van der Waals surface area contributed by atoms with Crippen LogP contribution in [0.25, 0.3) is 0 Å². The van der Waals surface area contributed by atoms with Gasteiger partial charge in [-0.1, -0.05) is 0 Å². The van der Waals surface area contributed by atoms with Crippen molar-refractivity contribution in [3.05, 3.63) is 22.4 Å². The van der Waals surface area contributed by atoms with Gasteiger partial charge in [-0.2, -0.15) is 0 Å². The quantitative estimate of drug-likeness (QED) is 0.840. The maximum atomic E-state index is 12.5. The van der Waals surface area contributed by atoms with Crippen molar-refractivity contribution < 1.29 is 9.53 Å². The van der Waals surface area contributed by atoms with Crippen molar-refractivity contribution in [2.45, 2.75) is 25.4 Å². The highest BCUT2D eigenvalue weighted by Gasteiger charge is 2.33. The summed E-state index contributed by atoms with van der Waals surface area (Å²) in [5.74, 6) is 0.0752. The lowest BCUT2D eigenvalue weighted by atomic mass is 9.94. The molecule has 1 saturated heterocycles. The molecule has 1 aliphatic heterocycles. The first kappa shape index (κ1) is 13.6. The van der Waals surface area contributed by atoms with Gasteiger partial charge in [0.05, 0.1) is 5.60 Å². The fourth-order valence-electron chi connectivity index (χ4n) is 2.44. The predicted molar refractivity (Wildman–Crippen MR) is 73.7 cm³/mol. The molecule has 5 heteroatoms. The summed E-state index contributed by atoms with van der Waals surface area (Å²) in [6.07, 6.45) is 3.89. The van der Waals surface area contributed by atoms with E-state index in [-0.39, 0.29) is 11.5 Å². The molecule has 18 heavy (non-hydrogen) atoms. The Morgan fingerprint density at radius 1 is 1.56 bits per heavy atom. The molecule has 2 heterocycles. The second kappa shape index (κ2) is 5.05. The third kappa shape index (κ3) is 2.62. The van der Waals surface area contributed by atoms with Crippen molar-refractivity contribution in [1.29, 1.82) is 0 Å². The summed E-state index contributed by atoms with van der Waals surface area (Å²) in [5.41, 5.74) is 0.498. The highest BCUT2D eigenvalue weighted by atomic mass is 79.9. The molecule has 1 aromatic heterocycles. The van der Waals surface area contributed by atoms with Crippen LogP contribution in [0.4, 0.5) is 0 Å². The van der Waals surface area contributed by atoms with E-state index >= 15 is 0 Å². The lowest BCUT2D eigenvalue weighted by Gasteiger charge is -2.39. The summed E-state index contributed by atoms with van der Waals surface area (Å²) in [6.45, 7) is 3.53. The van der Waals surface area contributed by atoms with E-state index in [4.69, 9.17) is 4.74 Å². The number of rotatable bonds is 2. The van der Waals surface area contributed by atoms with E-state index in [2.05, 4.69) is 22.9 Å². The largest absolute Gasteiger partial charge is 0.377 e. The Labute approximate surface area is 116 Å². The Bertz CT molecular complexity index is 458. The average molecular weight is 315 g/mol. The monoisotopic (exact) mass is 314 g/mol. The molecule has 100 valence electrons. The number of carbonyl (C=O) groups excluding carboxylic acids is 1. The number of hydrogen-bond acceptors (Lipinski definition) is 2. The van der Waals surface area contributed by atoms with E-state index in [0.29, 0.717) is 12.2 Å². The predicted octanol–water partition coefficient (Wildman–Crippen LogP) is 2.43. The molecule has 1 aromatic rings. The minimum atomic E-state index is -0.212. The third-order valence-corrected chi connectivity index (χ3v) is 4.06. The molecule has 1 amide bonds. The van der Waals surface area contributed by atoms with E-state index in [0.717, 1.165) is 23.9 Å². The normalized spacial score (nSPS) is 24.3. The standard InChI is InChI=1S/C13H19BrN2O2/c1-13(18-3)5-4-6-16(9-13)12(17)11-7-10(14)8-15(11)2/h7-8H,4-6,9H2,1-3H3. The Morgan fingerprint density at radius 2 is 2.28 bits per heavy atom. The van der Waals surface area contributed by atoms with Crippen LogP contribution in [-0.2, 0) is 11.8 Å². The lowest BCUT2D eigenvalue weighted by molar-refractivity contribution is -0.0441. The molecule has 1 unspecified atom stereocenters. The Hall–Kier alpha value is -0.810. The summed E-state index contributed by atoms with van der Waals surface area (Å²) >= 11 is 3.40. The summed E-state index contributed by atoms with van der Waals surface area (Å²) < 4.78 is 8.30. The molecular formula is C13H19BrN2O2. The fourth-order valence-corrected chi connectivity index (χ4v) is 2.97. The molecule has 4 nitrogen and oxygen atoms in total. The summed E-state index contributed by atoms with van der Waals surface area (Å²) in [6, 6.07) is 1.86. The first-order valence-electron chi connectivity index (χ1n) is 6.11. The van der Waals surface area contributed by atoms with Crippen LogP contribution in [0.15, 0.2) is 16.7 Å². The summed E-state index contributed by atoms with van der Waals surface area (Å²) in [7, 11) is 3.60. The van der Waals surface area contributed by atoms with E-state index in [1.165, 1.54) is 0 Å². The van der Waals surface area contributed by atoms with Crippen LogP contribution in [0.2, 0.25) is 0 Å². The molecule has 1 aliphatic rings. The van der Waals surface area contributed by atoms with Gasteiger partial charge in [-0.05, 0) is 41.8 Å². The second-order valence-electron chi connectivity index (χ2n) is 5.14. The van der Waals surface area contributed by atoms with Crippen LogP contribution in [0.3, 0.4) is 0 Å².